The van der Waals surface area contributed by atoms with Crippen LogP contribution in [-0.2, 0) is 0 Å². The largest absolute Gasteiger partial charge is 0.378 e. The van der Waals surface area contributed by atoms with Crippen LogP contribution < -0.4 is 5.32 Å². The molecule has 0 saturated carbocycles. The Morgan fingerprint density at radius 1 is 1.00 bits per heavy atom. The molecule has 1 N–H and O–H groups in total. The summed E-state index contributed by atoms with van der Waals surface area (Å²) in [6.45, 7) is 1.96. The molecule has 1 nitrogen and oxygen atoms in total. The lowest BCUT2D eigenvalue weighted by molar-refractivity contribution is 0.509. The Morgan fingerprint density at radius 3 is 2.28 bits per heavy atom. The van der Waals surface area contributed by atoms with Gasteiger partial charge in [0.05, 0.1) is 0 Å². The highest BCUT2D eigenvalue weighted by Crippen LogP contribution is 2.22. The predicted molar refractivity (Wildman–Crippen MR) is 72.5 cm³/mol. The summed E-state index contributed by atoms with van der Waals surface area (Å²) >= 11 is 3.37. The molecule has 2 aromatic rings. The summed E-state index contributed by atoms with van der Waals surface area (Å²) in [4.78, 5) is 0. The SMILES string of the molecule is CC(Nc1ccc(F)c(F)c1)c1ccc(Br)cc1. The molecule has 2 aromatic carbocycles. The molecule has 1 unspecified atom stereocenters. The van der Waals surface area contributed by atoms with Gasteiger partial charge in [0.15, 0.2) is 11.6 Å². The Kier molecular flexibility index (Phi) is 3.97. The van der Waals surface area contributed by atoms with Crippen molar-refractivity contribution in [3.8, 4) is 0 Å². The van der Waals surface area contributed by atoms with E-state index in [1.54, 1.807) is 0 Å². The summed E-state index contributed by atoms with van der Waals surface area (Å²) in [6.07, 6.45) is 0. The third-order valence-corrected chi connectivity index (χ3v) is 3.20. The van der Waals surface area contributed by atoms with E-state index in [1.807, 2.05) is 31.2 Å². The number of hydrogen-bond donors (Lipinski definition) is 1. The first-order valence-corrected chi connectivity index (χ1v) is 6.32. The maximum atomic E-state index is 13.1. The molecule has 2 rings (SSSR count). The van der Waals surface area contributed by atoms with Crippen LogP contribution >= 0.6 is 15.9 Å². The van der Waals surface area contributed by atoms with E-state index >= 15 is 0 Å². The summed E-state index contributed by atoms with van der Waals surface area (Å²) in [6, 6.07) is 11.6. The van der Waals surface area contributed by atoms with Crippen LogP contribution in [0.4, 0.5) is 14.5 Å². The summed E-state index contributed by atoms with van der Waals surface area (Å²) in [5, 5.41) is 3.12. The van der Waals surface area contributed by atoms with Crippen molar-refractivity contribution in [2.45, 2.75) is 13.0 Å². The van der Waals surface area contributed by atoms with Gasteiger partial charge in [-0.25, -0.2) is 8.78 Å². The Balaban J connectivity index is 2.13. The fourth-order valence-electron chi connectivity index (χ4n) is 1.67. The van der Waals surface area contributed by atoms with E-state index in [1.165, 1.54) is 6.07 Å². The van der Waals surface area contributed by atoms with Crippen LogP contribution in [0.25, 0.3) is 0 Å². The molecule has 18 heavy (non-hydrogen) atoms. The van der Waals surface area contributed by atoms with Crippen molar-refractivity contribution in [1.82, 2.24) is 0 Å². The maximum absolute atomic E-state index is 13.1. The highest BCUT2D eigenvalue weighted by Gasteiger charge is 2.07. The zero-order chi connectivity index (χ0) is 13.1. The average molecular weight is 312 g/mol. The van der Waals surface area contributed by atoms with E-state index in [9.17, 15) is 8.78 Å². The average Bonchev–Trinajstić information content (AvgIpc) is 2.34. The van der Waals surface area contributed by atoms with Gasteiger partial charge >= 0.3 is 0 Å². The molecule has 0 amide bonds. The van der Waals surface area contributed by atoms with Crippen molar-refractivity contribution in [3.05, 3.63) is 64.1 Å². The van der Waals surface area contributed by atoms with E-state index in [4.69, 9.17) is 0 Å². The van der Waals surface area contributed by atoms with E-state index in [0.29, 0.717) is 5.69 Å². The van der Waals surface area contributed by atoms with Crippen LogP contribution in [0, 0.1) is 11.6 Å². The molecule has 94 valence electrons. The molecule has 0 aromatic heterocycles. The number of anilines is 1. The van der Waals surface area contributed by atoms with Crippen LogP contribution in [0.3, 0.4) is 0 Å². The fraction of sp³-hybridized carbons (Fsp3) is 0.143. The van der Waals surface area contributed by atoms with Gasteiger partial charge in [-0.15, -0.1) is 0 Å². The molecule has 0 bridgehead atoms. The lowest BCUT2D eigenvalue weighted by Gasteiger charge is -2.16. The first-order valence-electron chi connectivity index (χ1n) is 5.53. The second-order valence-corrected chi connectivity index (χ2v) is 4.96. The van der Waals surface area contributed by atoms with Crippen LogP contribution in [-0.4, -0.2) is 0 Å². The lowest BCUT2D eigenvalue weighted by atomic mass is 10.1. The molecule has 0 fully saturated rings. The molecule has 0 heterocycles. The Hall–Kier alpha value is -1.42. The van der Waals surface area contributed by atoms with Gasteiger partial charge in [0, 0.05) is 22.3 Å². The molecule has 0 aliphatic heterocycles. The Morgan fingerprint density at radius 2 is 1.67 bits per heavy atom. The molecule has 1 atom stereocenters. The van der Waals surface area contributed by atoms with E-state index in [0.717, 1.165) is 22.2 Å². The number of hydrogen-bond acceptors (Lipinski definition) is 1. The molecular formula is C14H12BrF2N. The number of nitrogens with one attached hydrogen (secondary N) is 1. The van der Waals surface area contributed by atoms with E-state index in [-0.39, 0.29) is 6.04 Å². The van der Waals surface area contributed by atoms with Gasteiger partial charge < -0.3 is 5.32 Å². The van der Waals surface area contributed by atoms with Crippen molar-refractivity contribution >= 4 is 21.6 Å². The molecule has 0 aliphatic rings. The van der Waals surface area contributed by atoms with Crippen LogP contribution in [0.1, 0.15) is 18.5 Å². The fourth-order valence-corrected chi connectivity index (χ4v) is 1.94. The summed E-state index contributed by atoms with van der Waals surface area (Å²) in [7, 11) is 0. The molecule has 0 radical (unpaired) electrons. The smallest absolute Gasteiger partial charge is 0.160 e. The minimum Gasteiger partial charge on any atom is -0.378 e. The summed E-state index contributed by atoms with van der Waals surface area (Å²) < 4.78 is 26.9. The normalized spacial score (nSPS) is 12.2. The van der Waals surface area contributed by atoms with Gasteiger partial charge in [-0.1, -0.05) is 28.1 Å². The van der Waals surface area contributed by atoms with Crippen molar-refractivity contribution in [2.24, 2.45) is 0 Å². The standard InChI is InChI=1S/C14H12BrF2N/c1-9(10-2-4-11(15)5-3-10)18-12-6-7-13(16)14(17)8-12/h2-9,18H,1H3. The van der Waals surface area contributed by atoms with Gasteiger partial charge in [-0.3, -0.25) is 0 Å². The predicted octanol–water partition coefficient (Wildman–Crippen LogP) is 4.90. The van der Waals surface area contributed by atoms with Crippen LogP contribution in [0.15, 0.2) is 46.9 Å². The first-order chi connectivity index (χ1) is 8.56. The van der Waals surface area contributed by atoms with E-state index in [2.05, 4.69) is 21.2 Å². The van der Waals surface area contributed by atoms with Crippen LogP contribution in [0.2, 0.25) is 0 Å². The second kappa shape index (κ2) is 5.48. The first kappa shape index (κ1) is 13.0. The maximum Gasteiger partial charge on any atom is 0.160 e. The van der Waals surface area contributed by atoms with Gasteiger partial charge in [-0.2, -0.15) is 0 Å². The zero-order valence-corrected chi connectivity index (χ0v) is 11.3. The number of benzene rings is 2. The van der Waals surface area contributed by atoms with Gasteiger partial charge in [0.25, 0.3) is 0 Å². The third-order valence-electron chi connectivity index (χ3n) is 2.67. The second-order valence-electron chi connectivity index (χ2n) is 4.05. The quantitative estimate of drug-likeness (QED) is 0.850. The van der Waals surface area contributed by atoms with E-state index < -0.39 is 11.6 Å². The Labute approximate surface area is 113 Å². The van der Waals surface area contributed by atoms with Crippen molar-refractivity contribution in [2.75, 3.05) is 5.32 Å². The molecule has 4 heteroatoms. The highest BCUT2D eigenvalue weighted by molar-refractivity contribution is 9.10. The van der Waals surface area contributed by atoms with Crippen molar-refractivity contribution in [3.63, 3.8) is 0 Å². The minimum atomic E-state index is -0.844. The van der Waals surface area contributed by atoms with Crippen molar-refractivity contribution < 1.29 is 8.78 Å². The number of rotatable bonds is 3. The lowest BCUT2D eigenvalue weighted by Crippen LogP contribution is -2.06. The minimum absolute atomic E-state index is 0.0166. The zero-order valence-electron chi connectivity index (χ0n) is 9.75. The molecule has 0 spiro atoms. The van der Waals surface area contributed by atoms with Gasteiger partial charge in [0.2, 0.25) is 0 Å². The number of halogens is 3. The van der Waals surface area contributed by atoms with Crippen LogP contribution in [0.5, 0.6) is 0 Å². The monoisotopic (exact) mass is 311 g/mol. The molecule has 0 saturated heterocycles. The molecule has 0 aliphatic carbocycles. The van der Waals surface area contributed by atoms with Crippen molar-refractivity contribution in [1.29, 1.82) is 0 Å². The molecular weight excluding hydrogens is 300 g/mol. The topological polar surface area (TPSA) is 12.0 Å². The summed E-state index contributed by atoms with van der Waals surface area (Å²) in [5.41, 5.74) is 1.63. The van der Waals surface area contributed by atoms with Gasteiger partial charge in [0.1, 0.15) is 0 Å². The third kappa shape index (κ3) is 3.07. The van der Waals surface area contributed by atoms with Gasteiger partial charge in [-0.05, 0) is 36.8 Å². The highest BCUT2D eigenvalue weighted by atomic mass is 79.9. The summed E-state index contributed by atoms with van der Waals surface area (Å²) in [5.74, 6) is -1.68. The Bertz CT molecular complexity index is 540.